The van der Waals surface area contributed by atoms with Crippen molar-refractivity contribution in [3.63, 3.8) is 0 Å². The Labute approximate surface area is 140 Å². The van der Waals surface area contributed by atoms with Crippen LogP contribution in [-0.4, -0.2) is 67.3 Å². The molecule has 3 N–H and O–H groups in total. The van der Waals surface area contributed by atoms with Gasteiger partial charge in [-0.25, -0.2) is 0 Å². The zero-order valence-corrected chi connectivity index (χ0v) is 14.2. The fraction of sp³-hybridized carbons (Fsp3) is 0.500. The van der Waals surface area contributed by atoms with Gasteiger partial charge in [0.05, 0.1) is 41.6 Å². The molecule has 1 aromatic rings. The third-order valence-corrected chi connectivity index (χ3v) is 4.73. The summed E-state index contributed by atoms with van der Waals surface area (Å²) in [6, 6.07) is 2.84. The molecule has 0 unspecified atom stereocenters. The van der Waals surface area contributed by atoms with Crippen molar-refractivity contribution < 1.29 is 14.5 Å². The first-order valence-electron chi connectivity index (χ1n) is 7.00. The molecule has 0 bridgehead atoms. The Bertz CT molecular complexity index is 551. The second kappa shape index (κ2) is 6.60. The van der Waals surface area contributed by atoms with Crippen molar-refractivity contribution in [2.45, 2.75) is 0 Å². The molecule has 1 saturated heterocycles. The van der Waals surface area contributed by atoms with Crippen molar-refractivity contribution in [3.05, 3.63) is 22.2 Å². The average molecular weight is 348 g/mol. The third-order valence-electron chi connectivity index (χ3n) is 4.10. The molecule has 8 heteroatoms. The molecule has 6 nitrogen and oxygen atoms in total. The molecule has 22 heavy (non-hydrogen) atoms. The minimum absolute atomic E-state index is 0.203. The first kappa shape index (κ1) is 17.3. The van der Waals surface area contributed by atoms with Gasteiger partial charge in [0.25, 0.3) is 0 Å². The third kappa shape index (κ3) is 3.83. The van der Waals surface area contributed by atoms with E-state index >= 15 is 0 Å². The van der Waals surface area contributed by atoms with E-state index in [4.69, 9.17) is 28.9 Å². The van der Waals surface area contributed by atoms with Crippen LogP contribution >= 0.6 is 23.2 Å². The van der Waals surface area contributed by atoms with Gasteiger partial charge in [-0.15, -0.1) is 0 Å². The lowest BCUT2D eigenvalue weighted by Gasteiger charge is -2.40. The van der Waals surface area contributed by atoms with E-state index in [-0.39, 0.29) is 28.0 Å². The van der Waals surface area contributed by atoms with Crippen LogP contribution in [0.15, 0.2) is 12.1 Å². The van der Waals surface area contributed by atoms with Crippen molar-refractivity contribution in [3.8, 4) is 0 Å². The molecule has 1 aliphatic rings. The second-order valence-corrected chi connectivity index (χ2v) is 6.87. The Morgan fingerprint density at radius 1 is 1.36 bits per heavy atom. The smallest absolute Gasteiger partial charge is 0.305 e. The number of anilines is 2. The normalized spacial score (nSPS) is 18.2. The highest BCUT2D eigenvalue weighted by Gasteiger charge is 2.32. The lowest BCUT2D eigenvalue weighted by atomic mass is 10.2. The number of hydrogen-bond acceptors (Lipinski definition) is 4. The molecule has 1 amide bonds. The van der Waals surface area contributed by atoms with Crippen LogP contribution in [0.5, 0.6) is 0 Å². The number of carbonyl (C=O) groups is 1. The minimum atomic E-state index is -0.399. The highest BCUT2D eigenvalue weighted by atomic mass is 35.5. The van der Waals surface area contributed by atoms with E-state index in [1.54, 1.807) is 0 Å². The van der Waals surface area contributed by atoms with Crippen LogP contribution in [0, 0.1) is 0 Å². The number of carbonyl (C=O) groups excluding carboxylic acids is 1. The SMILES string of the molecule is CN1CC[N+](C)(CC(=O)N(O)c2cc(Cl)c(N)c(Cl)c2)CC1. The molecule has 0 aromatic heterocycles. The maximum absolute atomic E-state index is 12.3. The van der Waals surface area contributed by atoms with Crippen LogP contribution in [0.4, 0.5) is 11.4 Å². The van der Waals surface area contributed by atoms with E-state index in [1.165, 1.54) is 12.1 Å². The first-order chi connectivity index (χ1) is 10.2. The molecule has 1 aromatic carbocycles. The first-order valence-corrected chi connectivity index (χ1v) is 7.76. The number of halogens is 2. The van der Waals surface area contributed by atoms with E-state index < -0.39 is 5.91 Å². The van der Waals surface area contributed by atoms with Gasteiger partial charge < -0.3 is 10.2 Å². The number of rotatable bonds is 3. The van der Waals surface area contributed by atoms with Gasteiger partial charge in [0.2, 0.25) is 0 Å². The summed E-state index contributed by atoms with van der Waals surface area (Å²) in [5.74, 6) is -0.399. The van der Waals surface area contributed by atoms with Gasteiger partial charge in [0.15, 0.2) is 6.54 Å². The monoisotopic (exact) mass is 347 g/mol. The van der Waals surface area contributed by atoms with Crippen LogP contribution in [0.25, 0.3) is 0 Å². The second-order valence-electron chi connectivity index (χ2n) is 6.06. The van der Waals surface area contributed by atoms with Crippen molar-refractivity contribution in [1.82, 2.24) is 4.90 Å². The number of hydroxylamine groups is 1. The molecule has 0 saturated carbocycles. The Morgan fingerprint density at radius 3 is 2.36 bits per heavy atom. The van der Waals surface area contributed by atoms with Crippen LogP contribution < -0.4 is 10.8 Å². The van der Waals surface area contributed by atoms with Gasteiger partial charge in [-0.2, -0.15) is 5.06 Å². The number of nitrogens with two attached hydrogens (primary N) is 1. The topological polar surface area (TPSA) is 69.8 Å². The van der Waals surface area contributed by atoms with Gasteiger partial charge in [-0.05, 0) is 19.2 Å². The van der Waals surface area contributed by atoms with Gasteiger partial charge in [0.1, 0.15) is 0 Å². The summed E-state index contributed by atoms with van der Waals surface area (Å²) in [5, 5.41) is 11.1. The Hall–Kier alpha value is -1.05. The zero-order chi connectivity index (χ0) is 16.5. The van der Waals surface area contributed by atoms with Crippen molar-refractivity contribution in [1.29, 1.82) is 0 Å². The number of nitrogens with zero attached hydrogens (tertiary/aromatic N) is 3. The zero-order valence-electron chi connectivity index (χ0n) is 12.7. The van der Waals surface area contributed by atoms with E-state index in [0.29, 0.717) is 9.55 Å². The van der Waals surface area contributed by atoms with Crippen molar-refractivity contribution >= 4 is 40.5 Å². The van der Waals surface area contributed by atoms with E-state index in [0.717, 1.165) is 26.2 Å². The molecule has 1 aliphatic heterocycles. The van der Waals surface area contributed by atoms with E-state index in [2.05, 4.69) is 11.9 Å². The molecule has 0 radical (unpaired) electrons. The number of likely N-dealkylation sites (N-methyl/N-ethyl adjacent to an activating group) is 2. The number of amides is 1. The Balaban J connectivity index is 2.09. The summed E-state index contributed by atoms with van der Waals surface area (Å²) in [7, 11) is 4.07. The molecular formula is C14H21Cl2N4O2+. The molecule has 1 heterocycles. The molecular weight excluding hydrogens is 327 g/mol. The quantitative estimate of drug-likeness (QED) is 0.378. The van der Waals surface area contributed by atoms with Crippen molar-refractivity contribution in [2.75, 3.05) is 57.6 Å². The standard InChI is InChI=1S/C14H21Cl2N4O2/c1-18-3-5-20(2,6-4-18)9-13(21)19(22)10-7-11(15)14(17)12(16)8-10/h7-8,22H,3-6,9,17H2,1-2H3/q+1. The molecule has 2 rings (SSSR count). The number of piperazine rings is 1. The van der Waals surface area contributed by atoms with E-state index in [1.807, 2.05) is 7.05 Å². The number of benzene rings is 1. The fourth-order valence-corrected chi connectivity index (χ4v) is 2.91. The largest absolute Gasteiger partial charge is 0.396 e. The van der Waals surface area contributed by atoms with Gasteiger partial charge in [-0.1, -0.05) is 23.2 Å². The molecule has 122 valence electrons. The summed E-state index contributed by atoms with van der Waals surface area (Å²) < 4.78 is 0.594. The fourth-order valence-electron chi connectivity index (χ4n) is 2.44. The van der Waals surface area contributed by atoms with E-state index in [9.17, 15) is 10.0 Å². The summed E-state index contributed by atoms with van der Waals surface area (Å²) >= 11 is 11.9. The lowest BCUT2D eigenvalue weighted by Crippen LogP contribution is -2.59. The molecule has 0 aliphatic carbocycles. The predicted octanol–water partition coefficient (Wildman–Crippen LogP) is 1.69. The highest BCUT2D eigenvalue weighted by Crippen LogP contribution is 2.32. The maximum Gasteiger partial charge on any atom is 0.305 e. The lowest BCUT2D eigenvalue weighted by molar-refractivity contribution is -0.906. The van der Waals surface area contributed by atoms with Gasteiger partial charge >= 0.3 is 5.91 Å². The maximum atomic E-state index is 12.3. The molecule has 0 atom stereocenters. The molecule has 1 fully saturated rings. The Morgan fingerprint density at radius 2 is 1.86 bits per heavy atom. The summed E-state index contributed by atoms with van der Waals surface area (Å²) in [6.07, 6.45) is 0. The van der Waals surface area contributed by atoms with Crippen LogP contribution in [-0.2, 0) is 4.79 Å². The average Bonchev–Trinajstić information content (AvgIpc) is 2.46. The van der Waals surface area contributed by atoms with Crippen molar-refractivity contribution in [2.24, 2.45) is 0 Å². The Kier molecular flexibility index (Phi) is 5.19. The highest BCUT2D eigenvalue weighted by molar-refractivity contribution is 6.39. The van der Waals surface area contributed by atoms with Gasteiger partial charge in [0, 0.05) is 13.1 Å². The van der Waals surface area contributed by atoms with Crippen LogP contribution in [0.1, 0.15) is 0 Å². The number of nitrogen functional groups attached to an aromatic ring is 1. The number of hydrogen-bond donors (Lipinski definition) is 2. The number of quaternary nitrogens is 1. The summed E-state index contributed by atoms with van der Waals surface area (Å²) in [5.41, 5.74) is 6.10. The predicted molar refractivity (Wildman–Crippen MR) is 88.4 cm³/mol. The summed E-state index contributed by atoms with van der Waals surface area (Å²) in [6.45, 7) is 3.78. The molecule has 0 spiro atoms. The summed E-state index contributed by atoms with van der Waals surface area (Å²) in [4.78, 5) is 14.6. The van der Waals surface area contributed by atoms with Gasteiger partial charge in [-0.3, -0.25) is 14.9 Å². The van der Waals surface area contributed by atoms with Crippen LogP contribution in [0.2, 0.25) is 10.0 Å². The van der Waals surface area contributed by atoms with Crippen LogP contribution in [0.3, 0.4) is 0 Å². The minimum Gasteiger partial charge on any atom is -0.396 e.